The van der Waals surface area contributed by atoms with Crippen molar-refractivity contribution in [3.8, 4) is 0 Å². The third-order valence-electron chi connectivity index (χ3n) is 2.75. The minimum Gasteiger partial charge on any atom is -0.309 e. The van der Waals surface area contributed by atoms with Gasteiger partial charge < -0.3 is 4.57 Å². The molecule has 9 heteroatoms. The van der Waals surface area contributed by atoms with E-state index >= 15 is 0 Å². The average molecular weight is 382 g/mol. The number of carbonyl (C=O) groups excluding carboxylic acids is 1. The maximum absolute atomic E-state index is 12.7. The summed E-state index contributed by atoms with van der Waals surface area (Å²) in [7, 11) is 1.48. The van der Waals surface area contributed by atoms with E-state index in [9.17, 15) is 18.0 Å². The maximum atomic E-state index is 12.7. The molecular weight excluding hydrogens is 371 g/mol. The number of aromatic nitrogens is 3. The summed E-state index contributed by atoms with van der Waals surface area (Å²) in [6.07, 6.45) is -4.53. The summed E-state index contributed by atoms with van der Waals surface area (Å²) in [6, 6.07) is 2.08. The van der Waals surface area contributed by atoms with Gasteiger partial charge in [-0.2, -0.15) is 13.2 Å². The van der Waals surface area contributed by atoms with Crippen molar-refractivity contribution in [2.75, 3.05) is 5.75 Å². The number of nitrogens with zero attached hydrogens (tertiary/aromatic N) is 3. The number of thioether (sulfide) groups is 1. The first kappa shape index (κ1) is 16.3. The average Bonchev–Trinajstić information content (AvgIpc) is 2.74. The molecule has 0 radical (unpaired) electrons. The third kappa shape index (κ3) is 3.23. The highest BCUT2D eigenvalue weighted by atomic mass is 79.9. The topological polar surface area (TPSA) is 47.8 Å². The van der Waals surface area contributed by atoms with E-state index in [4.69, 9.17) is 0 Å². The number of hydrogen-bond acceptors (Lipinski definition) is 4. The number of halogens is 4. The lowest BCUT2D eigenvalue weighted by molar-refractivity contribution is -0.141. The number of hydrogen-bond donors (Lipinski definition) is 0. The highest BCUT2D eigenvalue weighted by Gasteiger charge is 2.33. The Bertz CT molecular complexity index is 686. The molecule has 0 aliphatic carbocycles. The van der Waals surface area contributed by atoms with Gasteiger partial charge in [0.05, 0.1) is 0 Å². The van der Waals surface area contributed by atoms with E-state index in [0.717, 1.165) is 11.8 Å². The molecule has 0 bridgehead atoms. The molecule has 0 aliphatic heterocycles. The van der Waals surface area contributed by atoms with Crippen molar-refractivity contribution in [3.05, 3.63) is 23.7 Å². The number of rotatable bonds is 4. The molecule has 0 saturated carbocycles. The van der Waals surface area contributed by atoms with Crippen LogP contribution in [0.4, 0.5) is 13.2 Å². The number of fused-ring (bicyclic) bond motifs is 1. The number of Topliss-reactive ketones (excluding diaryl/α,β-unsaturated/α-hetero) is 1. The minimum atomic E-state index is -4.53. The number of pyridine rings is 1. The van der Waals surface area contributed by atoms with E-state index in [1.807, 2.05) is 6.92 Å². The molecule has 0 amide bonds. The molecular formula is C12H11BrF3N3OS. The summed E-state index contributed by atoms with van der Waals surface area (Å²) >= 11 is 4.61. The number of aryl methyl sites for hydroxylation is 1. The van der Waals surface area contributed by atoms with Crippen molar-refractivity contribution in [2.24, 2.45) is 7.05 Å². The van der Waals surface area contributed by atoms with Crippen LogP contribution < -0.4 is 0 Å². The Morgan fingerprint density at radius 3 is 2.67 bits per heavy atom. The highest BCUT2D eigenvalue weighted by Crippen LogP contribution is 2.29. The second-order valence-corrected chi connectivity index (χ2v) is 7.07. The van der Waals surface area contributed by atoms with Gasteiger partial charge in [0.2, 0.25) is 5.78 Å². The summed E-state index contributed by atoms with van der Waals surface area (Å²) in [6.45, 7) is 1.90. The third-order valence-corrected chi connectivity index (χ3v) is 4.80. The first-order valence-electron chi connectivity index (χ1n) is 5.96. The molecule has 2 heterocycles. The van der Waals surface area contributed by atoms with Crippen LogP contribution in [0.15, 0.2) is 12.1 Å². The van der Waals surface area contributed by atoms with Gasteiger partial charge in [-0.25, -0.2) is 9.97 Å². The number of alkyl halides is 4. The van der Waals surface area contributed by atoms with E-state index in [1.54, 1.807) is 0 Å². The maximum Gasteiger partial charge on any atom is 0.433 e. The molecule has 1 unspecified atom stereocenters. The van der Waals surface area contributed by atoms with Gasteiger partial charge in [-0.3, -0.25) is 4.79 Å². The lowest BCUT2D eigenvalue weighted by Gasteiger charge is -2.07. The fourth-order valence-corrected chi connectivity index (χ4v) is 3.31. The van der Waals surface area contributed by atoms with E-state index in [0.29, 0.717) is 0 Å². The second kappa shape index (κ2) is 5.96. The Morgan fingerprint density at radius 1 is 1.43 bits per heavy atom. The van der Waals surface area contributed by atoms with Crippen LogP contribution in [-0.4, -0.2) is 30.2 Å². The molecule has 0 N–H and O–H groups in total. The standard InChI is InChI=1S/C12H11BrF3N3OS/c1-3-21-9(13)8(20)11-17-6-4-5-7(12(14,15)16)18-10(6)19(11)2/h4-5,9H,3H2,1-2H3. The molecule has 1 atom stereocenters. The first-order valence-corrected chi connectivity index (χ1v) is 7.92. The summed E-state index contributed by atoms with van der Waals surface area (Å²) in [5, 5.41) is 0. The largest absolute Gasteiger partial charge is 0.433 e. The lowest BCUT2D eigenvalue weighted by atomic mass is 10.3. The van der Waals surface area contributed by atoms with Crippen LogP contribution in [0.2, 0.25) is 0 Å². The van der Waals surface area contributed by atoms with Gasteiger partial charge in [-0.15, -0.1) is 11.8 Å². The SMILES string of the molecule is CCSC(Br)C(=O)c1nc2ccc(C(F)(F)F)nc2n1C. The second-order valence-electron chi connectivity index (χ2n) is 4.17. The van der Waals surface area contributed by atoms with Crippen molar-refractivity contribution in [1.82, 2.24) is 14.5 Å². The molecule has 114 valence electrons. The minimum absolute atomic E-state index is 0.0365. The first-order chi connectivity index (χ1) is 9.75. The zero-order valence-corrected chi connectivity index (χ0v) is 13.5. The fourth-order valence-electron chi connectivity index (χ4n) is 1.77. The molecule has 4 nitrogen and oxygen atoms in total. The zero-order chi connectivity index (χ0) is 15.8. The van der Waals surface area contributed by atoms with Gasteiger partial charge in [0.1, 0.15) is 15.4 Å². The van der Waals surface area contributed by atoms with Crippen LogP contribution >= 0.6 is 27.7 Å². The van der Waals surface area contributed by atoms with E-state index in [-0.39, 0.29) is 22.8 Å². The van der Waals surface area contributed by atoms with Gasteiger partial charge in [-0.1, -0.05) is 22.9 Å². The number of imidazole rings is 1. The molecule has 21 heavy (non-hydrogen) atoms. The lowest BCUT2D eigenvalue weighted by Crippen LogP contribution is -2.16. The summed E-state index contributed by atoms with van der Waals surface area (Å²) in [5.74, 6) is 0.512. The molecule has 0 aromatic carbocycles. The van der Waals surface area contributed by atoms with Gasteiger partial charge in [0, 0.05) is 7.05 Å². The number of carbonyl (C=O) groups is 1. The molecule has 0 saturated heterocycles. The molecule has 0 fully saturated rings. The van der Waals surface area contributed by atoms with Gasteiger partial charge >= 0.3 is 6.18 Å². The molecule has 2 aromatic heterocycles. The van der Waals surface area contributed by atoms with E-state index in [1.165, 1.54) is 29.4 Å². The van der Waals surface area contributed by atoms with Crippen molar-refractivity contribution in [2.45, 2.75) is 17.3 Å². The summed E-state index contributed by atoms with van der Waals surface area (Å²) in [4.78, 5) is 19.8. The predicted molar refractivity (Wildman–Crippen MR) is 78.7 cm³/mol. The Hall–Kier alpha value is -1.09. The van der Waals surface area contributed by atoms with E-state index in [2.05, 4.69) is 25.9 Å². The smallest absolute Gasteiger partial charge is 0.309 e. The Balaban J connectivity index is 2.49. The predicted octanol–water partition coefficient (Wildman–Crippen LogP) is 3.64. The van der Waals surface area contributed by atoms with E-state index < -0.39 is 16.0 Å². The highest BCUT2D eigenvalue weighted by molar-refractivity contribution is 9.11. The summed E-state index contributed by atoms with van der Waals surface area (Å²) in [5.41, 5.74) is -0.709. The van der Waals surface area contributed by atoms with Crippen LogP contribution in [0.1, 0.15) is 23.2 Å². The van der Waals surface area contributed by atoms with Crippen molar-refractivity contribution in [1.29, 1.82) is 0 Å². The molecule has 2 aromatic rings. The molecule has 2 rings (SSSR count). The zero-order valence-electron chi connectivity index (χ0n) is 11.1. The molecule has 0 spiro atoms. The quantitative estimate of drug-likeness (QED) is 0.599. The monoisotopic (exact) mass is 381 g/mol. The van der Waals surface area contributed by atoms with Crippen LogP contribution in [0.25, 0.3) is 11.2 Å². The number of ketones is 1. The summed E-state index contributed by atoms with van der Waals surface area (Å²) < 4.78 is 38.8. The fraction of sp³-hybridized carbons (Fsp3) is 0.417. The van der Waals surface area contributed by atoms with Gasteiger partial charge in [-0.05, 0) is 17.9 Å². The van der Waals surface area contributed by atoms with Crippen LogP contribution in [0, 0.1) is 0 Å². The van der Waals surface area contributed by atoms with Gasteiger partial charge in [0.25, 0.3) is 0 Å². The van der Waals surface area contributed by atoms with Crippen molar-refractivity contribution < 1.29 is 18.0 Å². The Labute approximate surface area is 131 Å². The van der Waals surface area contributed by atoms with Crippen molar-refractivity contribution >= 4 is 44.6 Å². The van der Waals surface area contributed by atoms with Gasteiger partial charge in [0.15, 0.2) is 11.5 Å². The Kier molecular flexibility index (Phi) is 4.62. The van der Waals surface area contributed by atoms with Crippen LogP contribution in [-0.2, 0) is 13.2 Å². The van der Waals surface area contributed by atoms with Crippen LogP contribution in [0.5, 0.6) is 0 Å². The van der Waals surface area contributed by atoms with Crippen LogP contribution in [0.3, 0.4) is 0 Å². The molecule has 0 aliphatic rings. The normalized spacial score (nSPS) is 13.6. The van der Waals surface area contributed by atoms with Crippen molar-refractivity contribution in [3.63, 3.8) is 0 Å². The Morgan fingerprint density at radius 2 is 2.10 bits per heavy atom.